The number of halogens is 1. The molecule has 2 N–H and O–H groups in total. The molecule has 0 amide bonds. The van der Waals surface area contributed by atoms with E-state index in [-0.39, 0.29) is 11.4 Å². The lowest BCUT2D eigenvalue weighted by atomic mass is 10.4. The molecule has 0 fully saturated rings. The molecule has 0 aromatic carbocycles. The number of rotatable bonds is 6. The van der Waals surface area contributed by atoms with Gasteiger partial charge in [-0.2, -0.15) is 0 Å². The second-order valence-corrected chi connectivity index (χ2v) is 7.51. The Hall–Kier alpha value is -0.960. The second-order valence-electron chi connectivity index (χ2n) is 3.92. The summed E-state index contributed by atoms with van der Waals surface area (Å²) in [5.41, 5.74) is 0.556. The normalized spacial score (nSPS) is 11.5. The molecular formula is C12H14BrN3O2S2. The van der Waals surface area contributed by atoms with Gasteiger partial charge in [0, 0.05) is 34.8 Å². The van der Waals surface area contributed by atoms with Gasteiger partial charge in [0.1, 0.15) is 4.90 Å². The number of nitrogens with zero attached hydrogens (tertiary/aromatic N) is 1. The topological polar surface area (TPSA) is 71.1 Å². The molecule has 0 aliphatic carbocycles. The predicted molar refractivity (Wildman–Crippen MR) is 84.4 cm³/mol. The predicted octanol–water partition coefficient (Wildman–Crippen LogP) is 2.82. The van der Waals surface area contributed by atoms with Gasteiger partial charge in [0.15, 0.2) is 0 Å². The molecule has 0 saturated heterocycles. The van der Waals surface area contributed by atoms with E-state index >= 15 is 0 Å². The van der Waals surface area contributed by atoms with Gasteiger partial charge in [0.05, 0.1) is 5.69 Å². The number of nitrogens with one attached hydrogen (secondary N) is 2. The highest BCUT2D eigenvalue weighted by atomic mass is 79.9. The van der Waals surface area contributed by atoms with Crippen LogP contribution in [0.5, 0.6) is 0 Å². The zero-order valence-corrected chi connectivity index (χ0v) is 14.0. The molecule has 0 bridgehead atoms. The molecule has 2 heterocycles. The molecule has 20 heavy (non-hydrogen) atoms. The fourth-order valence-corrected chi connectivity index (χ4v) is 4.26. The number of anilines is 1. The first kappa shape index (κ1) is 15.4. The second kappa shape index (κ2) is 6.66. The summed E-state index contributed by atoms with van der Waals surface area (Å²) in [6, 6.07) is 3.54. The van der Waals surface area contributed by atoms with E-state index in [2.05, 4.69) is 31.0 Å². The van der Waals surface area contributed by atoms with Crippen molar-refractivity contribution in [3.8, 4) is 0 Å². The minimum atomic E-state index is -3.60. The van der Waals surface area contributed by atoms with E-state index in [0.29, 0.717) is 12.2 Å². The van der Waals surface area contributed by atoms with Gasteiger partial charge < -0.3 is 5.32 Å². The maximum absolute atomic E-state index is 12.3. The molecule has 8 heteroatoms. The van der Waals surface area contributed by atoms with Crippen molar-refractivity contribution < 1.29 is 8.42 Å². The molecule has 0 saturated carbocycles. The van der Waals surface area contributed by atoms with E-state index < -0.39 is 10.0 Å². The first-order chi connectivity index (χ1) is 9.54. The van der Waals surface area contributed by atoms with E-state index in [4.69, 9.17) is 0 Å². The van der Waals surface area contributed by atoms with Crippen LogP contribution >= 0.6 is 27.3 Å². The summed E-state index contributed by atoms with van der Waals surface area (Å²) in [4.78, 5) is 4.99. The quantitative estimate of drug-likeness (QED) is 0.814. The summed E-state index contributed by atoms with van der Waals surface area (Å²) < 4.78 is 28.2. The van der Waals surface area contributed by atoms with Crippen LogP contribution in [0, 0.1) is 0 Å². The summed E-state index contributed by atoms with van der Waals surface area (Å²) >= 11 is 4.88. The molecule has 2 aromatic heterocycles. The maximum Gasteiger partial charge on any atom is 0.244 e. The van der Waals surface area contributed by atoms with Crippen molar-refractivity contribution >= 4 is 43.0 Å². The van der Waals surface area contributed by atoms with Gasteiger partial charge in [-0.3, -0.25) is 4.98 Å². The average molecular weight is 376 g/mol. The van der Waals surface area contributed by atoms with Crippen molar-refractivity contribution in [1.82, 2.24) is 9.71 Å². The first-order valence-electron chi connectivity index (χ1n) is 5.94. The van der Waals surface area contributed by atoms with Gasteiger partial charge in [0.2, 0.25) is 10.0 Å². The van der Waals surface area contributed by atoms with Crippen LogP contribution in [0.3, 0.4) is 0 Å². The van der Waals surface area contributed by atoms with Crippen LogP contribution in [0.2, 0.25) is 0 Å². The van der Waals surface area contributed by atoms with Crippen LogP contribution in [0.15, 0.2) is 39.3 Å². The average Bonchev–Trinajstić information content (AvgIpc) is 2.83. The molecule has 0 spiro atoms. The van der Waals surface area contributed by atoms with Gasteiger partial charge >= 0.3 is 0 Å². The van der Waals surface area contributed by atoms with Crippen LogP contribution < -0.4 is 10.0 Å². The Morgan fingerprint density at radius 1 is 1.40 bits per heavy atom. The highest BCUT2D eigenvalue weighted by Crippen LogP contribution is 2.24. The Labute approximate surface area is 130 Å². The first-order valence-corrected chi connectivity index (χ1v) is 9.09. The van der Waals surface area contributed by atoms with Crippen molar-refractivity contribution in [3.63, 3.8) is 0 Å². The van der Waals surface area contributed by atoms with Gasteiger partial charge in [-0.05, 0) is 40.4 Å². The van der Waals surface area contributed by atoms with Crippen molar-refractivity contribution in [1.29, 1.82) is 0 Å². The van der Waals surface area contributed by atoms with Crippen molar-refractivity contribution in [2.75, 3.05) is 11.9 Å². The summed E-state index contributed by atoms with van der Waals surface area (Å²) in [6.07, 6.45) is 2.91. The third-order valence-corrected chi connectivity index (χ3v) is 5.91. The monoisotopic (exact) mass is 375 g/mol. The van der Waals surface area contributed by atoms with Crippen LogP contribution in [0.1, 0.15) is 11.8 Å². The number of aromatic nitrogens is 1. The summed E-state index contributed by atoms with van der Waals surface area (Å²) in [5, 5.41) is 4.93. The Kier molecular flexibility index (Phi) is 5.14. The van der Waals surface area contributed by atoms with Crippen LogP contribution in [-0.2, 0) is 16.6 Å². The third-order valence-electron chi connectivity index (χ3n) is 2.56. The Morgan fingerprint density at radius 2 is 2.20 bits per heavy atom. The Morgan fingerprint density at radius 3 is 2.85 bits per heavy atom. The molecule has 0 unspecified atom stereocenters. The molecule has 2 rings (SSSR count). The SMILES string of the molecule is CCNc1ccncc1S(=O)(=O)NCc1sccc1Br. The molecule has 0 atom stereocenters. The summed E-state index contributed by atoms with van der Waals surface area (Å²) in [6.45, 7) is 2.80. The molecule has 5 nitrogen and oxygen atoms in total. The van der Waals surface area contributed by atoms with E-state index in [1.807, 2.05) is 18.4 Å². The van der Waals surface area contributed by atoms with E-state index in [1.165, 1.54) is 17.5 Å². The molecule has 0 radical (unpaired) electrons. The smallest absolute Gasteiger partial charge is 0.244 e. The minimum Gasteiger partial charge on any atom is -0.384 e. The fraction of sp³-hybridized carbons (Fsp3) is 0.250. The summed E-state index contributed by atoms with van der Waals surface area (Å²) in [5.74, 6) is 0. The van der Waals surface area contributed by atoms with E-state index in [1.54, 1.807) is 12.3 Å². The number of sulfonamides is 1. The van der Waals surface area contributed by atoms with Crippen molar-refractivity contribution in [2.45, 2.75) is 18.4 Å². The van der Waals surface area contributed by atoms with Crippen LogP contribution in [-0.4, -0.2) is 19.9 Å². The fourth-order valence-electron chi connectivity index (χ4n) is 1.62. The zero-order valence-electron chi connectivity index (χ0n) is 10.8. The number of hydrogen-bond donors (Lipinski definition) is 2. The lowest BCUT2D eigenvalue weighted by Gasteiger charge is -2.11. The Bertz CT molecular complexity index is 686. The minimum absolute atomic E-state index is 0.162. The molecule has 0 aliphatic rings. The van der Waals surface area contributed by atoms with Crippen molar-refractivity contribution in [3.05, 3.63) is 39.3 Å². The largest absolute Gasteiger partial charge is 0.384 e. The molecule has 0 aliphatic heterocycles. The number of pyridine rings is 1. The van der Waals surface area contributed by atoms with Crippen LogP contribution in [0.4, 0.5) is 5.69 Å². The van der Waals surface area contributed by atoms with Gasteiger partial charge in [0.25, 0.3) is 0 Å². The molecular weight excluding hydrogens is 362 g/mol. The van der Waals surface area contributed by atoms with Crippen molar-refractivity contribution in [2.24, 2.45) is 0 Å². The standard InChI is InChI=1S/C12H14BrN3O2S2/c1-2-15-10-3-5-14-8-12(10)20(17,18)16-7-11-9(13)4-6-19-11/h3-6,8,16H,2,7H2,1H3,(H,14,15). The lowest BCUT2D eigenvalue weighted by Crippen LogP contribution is -2.24. The summed E-state index contributed by atoms with van der Waals surface area (Å²) in [7, 11) is -3.60. The Balaban J connectivity index is 2.20. The van der Waals surface area contributed by atoms with Crippen LogP contribution in [0.25, 0.3) is 0 Å². The number of hydrogen-bond acceptors (Lipinski definition) is 5. The third kappa shape index (κ3) is 3.57. The highest BCUT2D eigenvalue weighted by Gasteiger charge is 2.19. The molecule has 108 valence electrons. The van der Waals surface area contributed by atoms with Gasteiger partial charge in [-0.15, -0.1) is 11.3 Å². The van der Waals surface area contributed by atoms with Gasteiger partial charge in [-0.1, -0.05) is 0 Å². The van der Waals surface area contributed by atoms with Gasteiger partial charge in [-0.25, -0.2) is 13.1 Å². The van der Waals surface area contributed by atoms with E-state index in [0.717, 1.165) is 9.35 Å². The highest BCUT2D eigenvalue weighted by molar-refractivity contribution is 9.10. The molecule has 2 aromatic rings. The maximum atomic E-state index is 12.3. The lowest BCUT2D eigenvalue weighted by molar-refractivity contribution is 0.581. The van der Waals surface area contributed by atoms with E-state index in [9.17, 15) is 8.42 Å². The number of thiophene rings is 1. The zero-order chi connectivity index (χ0) is 14.6.